The topological polar surface area (TPSA) is 92.6 Å². The van der Waals surface area contributed by atoms with Crippen molar-refractivity contribution in [3.63, 3.8) is 0 Å². The molecule has 1 unspecified atom stereocenters. The highest BCUT2D eigenvalue weighted by Gasteiger charge is 2.39. The molecule has 2 aromatic carbocycles. The number of nitrogens with zero attached hydrogens (tertiary/aromatic N) is 2. The molecule has 1 heterocycles. The Morgan fingerprint density at radius 1 is 1.26 bits per heavy atom. The van der Waals surface area contributed by atoms with Crippen LogP contribution in [0.15, 0.2) is 47.4 Å². The number of hydrogen-bond donors (Lipinski definition) is 1. The summed E-state index contributed by atoms with van der Waals surface area (Å²) in [5, 5.41) is 14.4. The third kappa shape index (κ3) is 3.71. The van der Waals surface area contributed by atoms with Gasteiger partial charge in [0.25, 0.3) is 10.0 Å². The lowest BCUT2D eigenvalue weighted by Crippen LogP contribution is -2.48. The second-order valence-corrected chi connectivity index (χ2v) is 8.13. The summed E-state index contributed by atoms with van der Waals surface area (Å²) < 4.78 is 41.6. The molecule has 7 nitrogen and oxygen atoms in total. The summed E-state index contributed by atoms with van der Waals surface area (Å²) in [4.78, 5) is 9.65. The zero-order valence-corrected chi connectivity index (χ0v) is 15.6. The molecule has 0 spiro atoms. The van der Waals surface area contributed by atoms with E-state index < -0.39 is 37.4 Å². The van der Waals surface area contributed by atoms with Crippen LogP contribution in [0, 0.1) is 15.9 Å². The molecular weight excluding hydrogens is 373 g/mol. The monoisotopic (exact) mass is 393 g/mol. The van der Waals surface area contributed by atoms with Crippen LogP contribution in [-0.2, 0) is 16.4 Å². The van der Waals surface area contributed by atoms with Crippen LogP contribution in [0.5, 0.6) is 0 Å². The minimum Gasteiger partial charge on any atom is -0.313 e. The van der Waals surface area contributed by atoms with Gasteiger partial charge in [0.15, 0.2) is 4.90 Å². The molecule has 0 saturated carbocycles. The highest BCUT2D eigenvalue weighted by Crippen LogP contribution is 2.34. The molecule has 0 bridgehead atoms. The normalized spacial score (nSPS) is 18.4. The van der Waals surface area contributed by atoms with Gasteiger partial charge in [-0.3, -0.25) is 10.1 Å². The van der Waals surface area contributed by atoms with Gasteiger partial charge in [0.2, 0.25) is 5.82 Å². The lowest BCUT2D eigenvalue weighted by atomic mass is 10.0. The number of hydrogen-bond acceptors (Lipinski definition) is 5. The average Bonchev–Trinajstić information content (AvgIpc) is 2.67. The Bertz CT molecular complexity index is 948. The van der Waals surface area contributed by atoms with E-state index in [0.29, 0.717) is 13.1 Å². The number of aryl methyl sites for hydroxylation is 1. The molecular formula is C18H20FN3O4S. The van der Waals surface area contributed by atoms with Crippen LogP contribution in [0.2, 0.25) is 0 Å². The van der Waals surface area contributed by atoms with Gasteiger partial charge in [-0.1, -0.05) is 37.3 Å². The first-order valence-corrected chi connectivity index (χ1v) is 10.0. The molecule has 1 aliphatic rings. The van der Waals surface area contributed by atoms with Crippen LogP contribution >= 0.6 is 0 Å². The lowest BCUT2D eigenvalue weighted by molar-refractivity contribution is -0.390. The van der Waals surface area contributed by atoms with Crippen molar-refractivity contribution in [1.29, 1.82) is 0 Å². The first kappa shape index (κ1) is 19.4. The van der Waals surface area contributed by atoms with Crippen molar-refractivity contribution in [3.8, 4) is 0 Å². The second-order valence-electron chi connectivity index (χ2n) is 6.27. The number of halogens is 1. The number of rotatable bonds is 5. The molecule has 1 N–H and O–H groups in total. The average molecular weight is 393 g/mol. The molecule has 0 aliphatic carbocycles. The molecule has 0 radical (unpaired) electrons. The fourth-order valence-electron chi connectivity index (χ4n) is 3.24. The van der Waals surface area contributed by atoms with E-state index in [2.05, 4.69) is 5.32 Å². The predicted octanol–water partition coefficient (Wildman–Crippen LogP) is 2.63. The van der Waals surface area contributed by atoms with Crippen LogP contribution in [0.25, 0.3) is 0 Å². The standard InChI is InChI=1S/C18H20FN3O4S/c1-2-13-6-8-14(9-7-13)16-12-20-10-11-21(16)27(25,26)17-5-3-4-15(19)18(17)22(23)24/h3-9,16,20H,2,10-12H2,1H3. The summed E-state index contributed by atoms with van der Waals surface area (Å²) >= 11 is 0. The molecule has 27 heavy (non-hydrogen) atoms. The Hall–Kier alpha value is -2.36. The van der Waals surface area contributed by atoms with Gasteiger partial charge in [0, 0.05) is 19.6 Å². The Morgan fingerprint density at radius 2 is 1.96 bits per heavy atom. The molecule has 1 atom stereocenters. The van der Waals surface area contributed by atoms with Crippen molar-refractivity contribution in [2.45, 2.75) is 24.3 Å². The van der Waals surface area contributed by atoms with Crippen molar-refractivity contribution in [1.82, 2.24) is 9.62 Å². The minimum atomic E-state index is -4.26. The number of nitro groups is 1. The zero-order valence-electron chi connectivity index (χ0n) is 14.8. The van der Waals surface area contributed by atoms with Crippen LogP contribution in [0.3, 0.4) is 0 Å². The predicted molar refractivity (Wildman–Crippen MR) is 98.4 cm³/mol. The van der Waals surface area contributed by atoms with Gasteiger partial charge in [0.1, 0.15) is 0 Å². The van der Waals surface area contributed by atoms with Gasteiger partial charge in [-0.05, 0) is 29.7 Å². The molecule has 3 rings (SSSR count). The highest BCUT2D eigenvalue weighted by molar-refractivity contribution is 7.89. The third-order valence-electron chi connectivity index (χ3n) is 4.69. The van der Waals surface area contributed by atoms with Crippen molar-refractivity contribution in [3.05, 3.63) is 69.5 Å². The number of benzene rings is 2. The number of nitro benzene ring substituents is 1. The van der Waals surface area contributed by atoms with Crippen molar-refractivity contribution in [2.75, 3.05) is 19.6 Å². The Labute approximate surface area is 157 Å². The molecule has 9 heteroatoms. The summed E-state index contributed by atoms with van der Waals surface area (Å²) in [6.07, 6.45) is 0.862. The van der Waals surface area contributed by atoms with E-state index in [1.165, 1.54) is 10.4 Å². The largest absolute Gasteiger partial charge is 0.324 e. The van der Waals surface area contributed by atoms with Crippen LogP contribution in [0.1, 0.15) is 24.1 Å². The molecule has 1 saturated heterocycles. The zero-order chi connectivity index (χ0) is 19.6. The van der Waals surface area contributed by atoms with Gasteiger partial charge >= 0.3 is 5.69 Å². The molecule has 2 aromatic rings. The van der Waals surface area contributed by atoms with Crippen molar-refractivity contribution >= 4 is 15.7 Å². The fourth-order valence-corrected chi connectivity index (χ4v) is 5.02. The maximum Gasteiger partial charge on any atom is 0.324 e. The second kappa shape index (κ2) is 7.71. The minimum absolute atomic E-state index is 0.135. The third-order valence-corrected chi connectivity index (χ3v) is 6.63. The van der Waals surface area contributed by atoms with E-state index in [4.69, 9.17) is 0 Å². The summed E-state index contributed by atoms with van der Waals surface area (Å²) in [7, 11) is -4.26. The smallest absolute Gasteiger partial charge is 0.313 e. The number of sulfonamides is 1. The maximum atomic E-state index is 14.0. The quantitative estimate of drug-likeness (QED) is 0.623. The van der Waals surface area contributed by atoms with E-state index in [0.717, 1.165) is 29.7 Å². The van der Waals surface area contributed by atoms with Gasteiger partial charge in [-0.25, -0.2) is 8.42 Å². The van der Waals surface area contributed by atoms with E-state index in [9.17, 15) is 22.9 Å². The van der Waals surface area contributed by atoms with Crippen molar-refractivity contribution in [2.24, 2.45) is 0 Å². The highest BCUT2D eigenvalue weighted by atomic mass is 32.2. The fraction of sp³-hybridized carbons (Fsp3) is 0.333. The van der Waals surface area contributed by atoms with Gasteiger partial charge < -0.3 is 5.32 Å². The lowest BCUT2D eigenvalue weighted by Gasteiger charge is -2.35. The van der Waals surface area contributed by atoms with Gasteiger partial charge in [-0.15, -0.1) is 0 Å². The Balaban J connectivity index is 2.06. The first-order chi connectivity index (χ1) is 12.9. The van der Waals surface area contributed by atoms with E-state index in [1.54, 1.807) is 0 Å². The van der Waals surface area contributed by atoms with Crippen LogP contribution in [-0.4, -0.2) is 37.3 Å². The van der Waals surface area contributed by atoms with Crippen LogP contribution < -0.4 is 5.32 Å². The first-order valence-electron chi connectivity index (χ1n) is 8.60. The van der Waals surface area contributed by atoms with Crippen molar-refractivity contribution < 1.29 is 17.7 Å². The number of nitrogens with one attached hydrogen (secondary N) is 1. The maximum absolute atomic E-state index is 14.0. The van der Waals surface area contributed by atoms with E-state index >= 15 is 0 Å². The molecule has 1 aliphatic heterocycles. The molecule has 0 aromatic heterocycles. The summed E-state index contributed by atoms with van der Waals surface area (Å²) in [5.74, 6) is -1.17. The summed E-state index contributed by atoms with van der Waals surface area (Å²) in [5.41, 5.74) is 0.885. The molecule has 1 fully saturated rings. The van der Waals surface area contributed by atoms with Crippen LogP contribution in [0.4, 0.5) is 10.1 Å². The van der Waals surface area contributed by atoms with E-state index in [1.807, 2.05) is 31.2 Å². The van der Waals surface area contributed by atoms with E-state index in [-0.39, 0.29) is 6.54 Å². The Kier molecular flexibility index (Phi) is 5.54. The van der Waals surface area contributed by atoms with Gasteiger partial charge in [0.05, 0.1) is 11.0 Å². The number of para-hydroxylation sites is 1. The SMILES string of the molecule is CCc1ccc(C2CNCCN2S(=O)(=O)c2cccc(F)c2[N+](=O)[O-])cc1. The molecule has 144 valence electrons. The summed E-state index contributed by atoms with van der Waals surface area (Å²) in [6.45, 7) is 2.94. The Morgan fingerprint density at radius 3 is 2.59 bits per heavy atom. The summed E-state index contributed by atoms with van der Waals surface area (Å²) in [6, 6.07) is 10.2. The number of piperazine rings is 1. The van der Waals surface area contributed by atoms with Gasteiger partial charge in [-0.2, -0.15) is 8.70 Å². The molecule has 0 amide bonds.